The number of hydrogen-bond acceptors (Lipinski definition) is 7. The first-order chi connectivity index (χ1) is 9.99. The molecule has 0 amide bonds. The van der Waals surface area contributed by atoms with Gasteiger partial charge in [0.15, 0.2) is 0 Å². The first-order valence-corrected chi connectivity index (χ1v) is 5.69. The number of nitriles is 1. The summed E-state index contributed by atoms with van der Waals surface area (Å²) in [6, 6.07) is 5.83. The summed E-state index contributed by atoms with van der Waals surface area (Å²) in [5.74, 6) is -2.09. The summed E-state index contributed by atoms with van der Waals surface area (Å²) in [4.78, 5) is 19.0. The minimum Gasteiger partial charge on any atom is -0.465 e. The fraction of sp³-hybridized carbons (Fsp3) is 0.0769. The lowest BCUT2D eigenvalue weighted by molar-refractivity contribution is 0.0595. The highest BCUT2D eigenvalue weighted by molar-refractivity contribution is 5.91. The van der Waals surface area contributed by atoms with Crippen LogP contribution in [-0.4, -0.2) is 23.0 Å². The van der Waals surface area contributed by atoms with Gasteiger partial charge in [0.05, 0.1) is 18.4 Å². The van der Waals surface area contributed by atoms with Crippen LogP contribution in [0.2, 0.25) is 0 Å². The SMILES string of the molecule is COC(=O)c1cccc(-c2nc(N)nc(N)c2C#N)c1F. The quantitative estimate of drug-likeness (QED) is 0.791. The molecule has 0 atom stereocenters. The number of carbonyl (C=O) groups excluding carboxylic acids is 1. The molecule has 8 heteroatoms. The zero-order chi connectivity index (χ0) is 15.6. The molecule has 0 aliphatic carbocycles. The van der Waals surface area contributed by atoms with Gasteiger partial charge in [-0.15, -0.1) is 0 Å². The van der Waals surface area contributed by atoms with Crippen LogP contribution in [0.25, 0.3) is 11.3 Å². The summed E-state index contributed by atoms with van der Waals surface area (Å²) in [6.45, 7) is 0. The molecule has 1 heterocycles. The van der Waals surface area contributed by atoms with Crippen molar-refractivity contribution in [3.8, 4) is 17.3 Å². The molecule has 7 nitrogen and oxygen atoms in total. The number of anilines is 2. The van der Waals surface area contributed by atoms with Gasteiger partial charge in [-0.25, -0.2) is 14.2 Å². The van der Waals surface area contributed by atoms with Gasteiger partial charge < -0.3 is 16.2 Å². The fourth-order valence-corrected chi connectivity index (χ4v) is 1.78. The lowest BCUT2D eigenvalue weighted by atomic mass is 10.0. The molecule has 0 bridgehead atoms. The van der Waals surface area contributed by atoms with Crippen molar-refractivity contribution in [1.82, 2.24) is 9.97 Å². The molecular weight excluding hydrogens is 277 g/mol. The Bertz CT molecular complexity index is 770. The van der Waals surface area contributed by atoms with Gasteiger partial charge in [0.2, 0.25) is 5.95 Å². The number of nitrogens with zero attached hydrogens (tertiary/aromatic N) is 3. The van der Waals surface area contributed by atoms with Gasteiger partial charge in [0.1, 0.15) is 23.3 Å². The Labute approximate surface area is 119 Å². The lowest BCUT2D eigenvalue weighted by Gasteiger charge is -2.09. The summed E-state index contributed by atoms with van der Waals surface area (Å²) >= 11 is 0. The van der Waals surface area contributed by atoms with Crippen molar-refractivity contribution in [3.63, 3.8) is 0 Å². The number of hydrogen-bond donors (Lipinski definition) is 2. The predicted octanol–water partition coefficient (Wildman–Crippen LogP) is 1.11. The second-order valence-corrected chi connectivity index (χ2v) is 3.96. The van der Waals surface area contributed by atoms with Gasteiger partial charge in [-0.1, -0.05) is 6.07 Å². The van der Waals surface area contributed by atoms with Crippen LogP contribution in [0.15, 0.2) is 18.2 Å². The third-order valence-electron chi connectivity index (χ3n) is 2.73. The van der Waals surface area contributed by atoms with E-state index in [1.54, 1.807) is 6.07 Å². The Morgan fingerprint density at radius 1 is 1.38 bits per heavy atom. The van der Waals surface area contributed by atoms with Crippen molar-refractivity contribution in [2.75, 3.05) is 18.6 Å². The van der Waals surface area contributed by atoms with Gasteiger partial charge in [-0.2, -0.15) is 10.2 Å². The number of rotatable bonds is 2. The molecule has 0 radical (unpaired) electrons. The molecular formula is C13H10FN5O2. The van der Waals surface area contributed by atoms with Gasteiger partial charge in [0.25, 0.3) is 0 Å². The van der Waals surface area contributed by atoms with Gasteiger partial charge in [0, 0.05) is 5.56 Å². The number of carbonyl (C=O) groups is 1. The third-order valence-corrected chi connectivity index (χ3v) is 2.73. The minimum atomic E-state index is -0.877. The number of nitrogen functional groups attached to an aromatic ring is 2. The topological polar surface area (TPSA) is 128 Å². The number of benzene rings is 1. The van der Waals surface area contributed by atoms with E-state index in [1.807, 2.05) is 0 Å². The molecule has 0 saturated heterocycles. The molecule has 0 unspecified atom stereocenters. The molecule has 1 aromatic carbocycles. The van der Waals surface area contributed by atoms with Gasteiger partial charge >= 0.3 is 5.97 Å². The number of esters is 1. The van der Waals surface area contributed by atoms with Crippen LogP contribution in [0.4, 0.5) is 16.2 Å². The normalized spacial score (nSPS) is 9.95. The van der Waals surface area contributed by atoms with E-state index >= 15 is 0 Å². The van der Waals surface area contributed by atoms with Gasteiger partial charge in [-0.05, 0) is 12.1 Å². The van der Waals surface area contributed by atoms with E-state index < -0.39 is 11.8 Å². The highest BCUT2D eigenvalue weighted by Gasteiger charge is 2.21. The van der Waals surface area contributed by atoms with E-state index in [2.05, 4.69) is 14.7 Å². The van der Waals surface area contributed by atoms with E-state index in [0.717, 1.165) is 7.11 Å². The Balaban J connectivity index is 2.75. The van der Waals surface area contributed by atoms with Crippen molar-refractivity contribution >= 4 is 17.7 Å². The van der Waals surface area contributed by atoms with E-state index in [4.69, 9.17) is 16.7 Å². The maximum atomic E-state index is 14.4. The van der Waals surface area contributed by atoms with Crippen LogP contribution in [-0.2, 0) is 4.74 Å². The van der Waals surface area contributed by atoms with Crippen molar-refractivity contribution in [2.24, 2.45) is 0 Å². The average molecular weight is 287 g/mol. The lowest BCUT2D eigenvalue weighted by Crippen LogP contribution is -2.08. The molecule has 0 saturated carbocycles. The molecule has 2 rings (SSSR count). The maximum absolute atomic E-state index is 14.4. The molecule has 2 aromatic rings. The highest BCUT2D eigenvalue weighted by Crippen LogP contribution is 2.29. The van der Waals surface area contributed by atoms with E-state index in [-0.39, 0.29) is 34.2 Å². The minimum absolute atomic E-state index is 0.0780. The number of nitrogens with two attached hydrogens (primary N) is 2. The zero-order valence-corrected chi connectivity index (χ0v) is 10.9. The third kappa shape index (κ3) is 2.44. The average Bonchev–Trinajstić information content (AvgIpc) is 2.46. The Morgan fingerprint density at radius 2 is 2.10 bits per heavy atom. The first-order valence-electron chi connectivity index (χ1n) is 5.69. The number of halogens is 1. The van der Waals surface area contributed by atoms with Crippen LogP contribution in [0.5, 0.6) is 0 Å². The zero-order valence-electron chi connectivity index (χ0n) is 10.9. The monoisotopic (exact) mass is 287 g/mol. The van der Waals surface area contributed by atoms with Crippen LogP contribution in [0.1, 0.15) is 15.9 Å². The largest absolute Gasteiger partial charge is 0.465 e. The molecule has 1 aromatic heterocycles. The molecule has 0 spiro atoms. The predicted molar refractivity (Wildman–Crippen MR) is 72.3 cm³/mol. The van der Waals surface area contributed by atoms with Crippen LogP contribution in [0.3, 0.4) is 0 Å². The summed E-state index contributed by atoms with van der Waals surface area (Å²) < 4.78 is 18.9. The summed E-state index contributed by atoms with van der Waals surface area (Å²) in [5.41, 5.74) is 10.5. The van der Waals surface area contributed by atoms with Crippen LogP contribution in [0, 0.1) is 17.1 Å². The van der Waals surface area contributed by atoms with E-state index in [0.29, 0.717) is 0 Å². The van der Waals surface area contributed by atoms with Crippen molar-refractivity contribution in [3.05, 3.63) is 35.1 Å². The highest BCUT2D eigenvalue weighted by atomic mass is 19.1. The fourth-order valence-electron chi connectivity index (χ4n) is 1.78. The number of ether oxygens (including phenoxy) is 1. The van der Waals surface area contributed by atoms with E-state index in [1.165, 1.54) is 18.2 Å². The van der Waals surface area contributed by atoms with Crippen molar-refractivity contribution in [1.29, 1.82) is 5.26 Å². The molecule has 0 aliphatic rings. The first kappa shape index (κ1) is 14.2. The molecule has 106 valence electrons. The van der Waals surface area contributed by atoms with Crippen LogP contribution < -0.4 is 11.5 Å². The standard InChI is InChI=1S/C13H10FN5O2/c1-21-12(20)7-4-2-3-6(9(7)14)10-8(5-15)11(16)19-13(17)18-10/h2-4H,1H3,(H4,16,17,18,19). The van der Waals surface area contributed by atoms with E-state index in [9.17, 15) is 9.18 Å². The van der Waals surface area contributed by atoms with Crippen molar-refractivity contribution in [2.45, 2.75) is 0 Å². The second kappa shape index (κ2) is 5.42. The Kier molecular flexibility index (Phi) is 3.67. The number of methoxy groups -OCH3 is 1. The summed E-state index contributed by atoms with van der Waals surface area (Å²) in [6.07, 6.45) is 0. The summed E-state index contributed by atoms with van der Waals surface area (Å²) in [5, 5.41) is 9.10. The molecule has 21 heavy (non-hydrogen) atoms. The molecule has 4 N–H and O–H groups in total. The second-order valence-electron chi connectivity index (χ2n) is 3.96. The summed E-state index contributed by atoms with van der Waals surface area (Å²) in [7, 11) is 1.13. The van der Waals surface area contributed by atoms with Crippen LogP contribution >= 0.6 is 0 Å². The Morgan fingerprint density at radius 3 is 2.71 bits per heavy atom. The maximum Gasteiger partial charge on any atom is 0.340 e. The van der Waals surface area contributed by atoms with Gasteiger partial charge in [-0.3, -0.25) is 0 Å². The number of aromatic nitrogens is 2. The molecule has 0 aliphatic heterocycles. The smallest absolute Gasteiger partial charge is 0.340 e. The van der Waals surface area contributed by atoms with Crippen molar-refractivity contribution < 1.29 is 13.9 Å². The molecule has 0 fully saturated rings. The Hall–Kier alpha value is -3.21.